The Morgan fingerprint density at radius 1 is 1.39 bits per heavy atom. The fourth-order valence-electron chi connectivity index (χ4n) is 2.61. The number of carboxylic acid groups (broad SMARTS) is 1. The summed E-state index contributed by atoms with van der Waals surface area (Å²) in [6.07, 6.45) is 2.35. The average molecular weight is 248 g/mol. The van der Waals surface area contributed by atoms with Gasteiger partial charge in [0.25, 0.3) is 0 Å². The van der Waals surface area contributed by atoms with E-state index in [2.05, 4.69) is 18.7 Å². The fourth-order valence-corrected chi connectivity index (χ4v) is 2.61. The predicted molar refractivity (Wildman–Crippen MR) is 73.0 cm³/mol. The third-order valence-electron chi connectivity index (χ3n) is 4.17. The maximum Gasteiger partial charge on any atom is 0.335 e. The number of hydrogen-bond acceptors (Lipinski definition) is 3. The van der Waals surface area contributed by atoms with Crippen molar-refractivity contribution in [2.45, 2.75) is 26.7 Å². The van der Waals surface area contributed by atoms with Crippen molar-refractivity contribution in [2.75, 3.05) is 23.7 Å². The van der Waals surface area contributed by atoms with Gasteiger partial charge in [0.15, 0.2) is 0 Å². The van der Waals surface area contributed by atoms with E-state index in [1.165, 1.54) is 18.9 Å². The highest BCUT2D eigenvalue weighted by Crippen LogP contribution is 2.41. The maximum atomic E-state index is 10.8. The zero-order chi connectivity index (χ0) is 13.3. The van der Waals surface area contributed by atoms with Gasteiger partial charge in [0.1, 0.15) is 0 Å². The summed E-state index contributed by atoms with van der Waals surface area (Å²) in [5.74, 6) is -0.937. The van der Waals surface area contributed by atoms with Crippen LogP contribution < -0.4 is 10.6 Å². The molecule has 1 heterocycles. The summed E-state index contributed by atoms with van der Waals surface area (Å²) in [4.78, 5) is 13.1. The first-order chi connectivity index (χ1) is 8.51. The van der Waals surface area contributed by atoms with E-state index in [0.717, 1.165) is 18.8 Å². The number of aromatic carboxylic acids is 1. The van der Waals surface area contributed by atoms with E-state index in [1.54, 1.807) is 6.07 Å². The Morgan fingerprint density at radius 2 is 2.00 bits per heavy atom. The van der Waals surface area contributed by atoms with Gasteiger partial charge in [-0.25, -0.2) is 4.79 Å². The lowest BCUT2D eigenvalue weighted by atomic mass is 9.75. The summed E-state index contributed by atoms with van der Waals surface area (Å²) in [5.41, 5.74) is 8.10. The van der Waals surface area contributed by atoms with E-state index in [9.17, 15) is 4.79 Å². The molecular formula is C14H20N2O2. The molecule has 0 atom stereocenters. The Labute approximate surface area is 107 Å². The van der Waals surface area contributed by atoms with Crippen LogP contribution in [0.1, 0.15) is 37.0 Å². The van der Waals surface area contributed by atoms with E-state index >= 15 is 0 Å². The summed E-state index contributed by atoms with van der Waals surface area (Å²) in [6.45, 7) is 6.46. The first kappa shape index (κ1) is 12.7. The Bertz CT molecular complexity index is 459. The van der Waals surface area contributed by atoms with Crippen LogP contribution in [0.3, 0.4) is 0 Å². The summed E-state index contributed by atoms with van der Waals surface area (Å²) < 4.78 is 0. The van der Waals surface area contributed by atoms with E-state index < -0.39 is 5.97 Å². The van der Waals surface area contributed by atoms with Gasteiger partial charge >= 0.3 is 5.97 Å². The molecule has 0 amide bonds. The standard InChI is InChI=1S/C14H20N2O2/c1-3-14(4-2)8-16(9-14)12-6-5-10(13(17)18)7-11(12)15/h5-7H,3-4,8-9,15H2,1-2H3,(H,17,18). The van der Waals surface area contributed by atoms with Crippen molar-refractivity contribution < 1.29 is 9.90 Å². The zero-order valence-electron chi connectivity index (χ0n) is 10.9. The molecule has 1 aromatic rings. The topological polar surface area (TPSA) is 66.6 Å². The van der Waals surface area contributed by atoms with Crippen LogP contribution in [0.5, 0.6) is 0 Å². The highest BCUT2D eigenvalue weighted by atomic mass is 16.4. The van der Waals surface area contributed by atoms with E-state index in [-0.39, 0.29) is 5.56 Å². The average Bonchev–Trinajstić information content (AvgIpc) is 2.30. The lowest BCUT2D eigenvalue weighted by Gasteiger charge is -2.51. The number of nitrogens with zero attached hydrogens (tertiary/aromatic N) is 1. The van der Waals surface area contributed by atoms with Crippen LogP contribution in [0.25, 0.3) is 0 Å². The third-order valence-corrected chi connectivity index (χ3v) is 4.17. The highest BCUT2D eigenvalue weighted by molar-refractivity contribution is 5.90. The first-order valence-corrected chi connectivity index (χ1v) is 6.39. The second-order valence-electron chi connectivity index (χ2n) is 5.14. The van der Waals surface area contributed by atoms with Crippen LogP contribution in [0.2, 0.25) is 0 Å². The predicted octanol–water partition coefficient (Wildman–Crippen LogP) is 2.59. The Balaban J connectivity index is 2.15. The van der Waals surface area contributed by atoms with Crippen LogP contribution in [0.15, 0.2) is 18.2 Å². The molecule has 0 saturated carbocycles. The normalized spacial score (nSPS) is 17.3. The van der Waals surface area contributed by atoms with Crippen molar-refractivity contribution in [1.82, 2.24) is 0 Å². The van der Waals surface area contributed by atoms with Crippen molar-refractivity contribution in [2.24, 2.45) is 5.41 Å². The third kappa shape index (κ3) is 2.03. The quantitative estimate of drug-likeness (QED) is 0.804. The Hall–Kier alpha value is -1.71. The van der Waals surface area contributed by atoms with Gasteiger partial charge in [-0.1, -0.05) is 13.8 Å². The van der Waals surface area contributed by atoms with Gasteiger partial charge < -0.3 is 15.7 Å². The molecule has 1 fully saturated rings. The number of benzene rings is 1. The number of nitrogen functional groups attached to an aromatic ring is 1. The maximum absolute atomic E-state index is 10.8. The molecule has 1 aliphatic rings. The minimum Gasteiger partial charge on any atom is -0.478 e. The van der Waals surface area contributed by atoms with Crippen molar-refractivity contribution in [3.8, 4) is 0 Å². The summed E-state index contributed by atoms with van der Waals surface area (Å²) in [5, 5.41) is 8.90. The molecule has 0 spiro atoms. The molecule has 18 heavy (non-hydrogen) atoms. The highest BCUT2D eigenvalue weighted by Gasteiger charge is 2.40. The number of hydrogen-bond donors (Lipinski definition) is 2. The molecule has 0 unspecified atom stereocenters. The first-order valence-electron chi connectivity index (χ1n) is 6.39. The number of nitrogens with two attached hydrogens (primary N) is 1. The number of carbonyl (C=O) groups is 1. The Morgan fingerprint density at radius 3 is 2.44 bits per heavy atom. The minimum absolute atomic E-state index is 0.244. The molecule has 4 nitrogen and oxygen atoms in total. The fraction of sp³-hybridized carbons (Fsp3) is 0.500. The minimum atomic E-state index is -0.937. The second-order valence-corrected chi connectivity index (χ2v) is 5.14. The summed E-state index contributed by atoms with van der Waals surface area (Å²) >= 11 is 0. The van der Waals surface area contributed by atoms with Crippen LogP contribution in [0.4, 0.5) is 11.4 Å². The molecular weight excluding hydrogens is 228 g/mol. The van der Waals surface area contributed by atoms with Crippen molar-refractivity contribution >= 4 is 17.3 Å². The van der Waals surface area contributed by atoms with Crippen LogP contribution in [-0.4, -0.2) is 24.2 Å². The smallest absolute Gasteiger partial charge is 0.335 e. The molecule has 3 N–H and O–H groups in total. The largest absolute Gasteiger partial charge is 0.478 e. The van der Waals surface area contributed by atoms with Crippen molar-refractivity contribution in [1.29, 1.82) is 0 Å². The lowest BCUT2D eigenvalue weighted by Crippen LogP contribution is -2.56. The molecule has 0 aromatic heterocycles. The number of anilines is 2. The molecule has 1 aromatic carbocycles. The number of carboxylic acids is 1. The van der Waals surface area contributed by atoms with Gasteiger partial charge in [-0.15, -0.1) is 0 Å². The summed E-state index contributed by atoms with van der Waals surface area (Å²) in [6, 6.07) is 4.97. The van der Waals surface area contributed by atoms with E-state index in [4.69, 9.17) is 10.8 Å². The Kier molecular flexibility index (Phi) is 3.20. The van der Waals surface area contributed by atoms with Gasteiger partial charge in [-0.05, 0) is 31.0 Å². The molecule has 2 rings (SSSR count). The summed E-state index contributed by atoms with van der Waals surface area (Å²) in [7, 11) is 0. The van der Waals surface area contributed by atoms with Crippen molar-refractivity contribution in [3.05, 3.63) is 23.8 Å². The van der Waals surface area contributed by atoms with Gasteiger partial charge in [-0.2, -0.15) is 0 Å². The monoisotopic (exact) mass is 248 g/mol. The molecule has 1 aliphatic heterocycles. The molecule has 0 radical (unpaired) electrons. The lowest BCUT2D eigenvalue weighted by molar-refractivity contribution is 0.0697. The molecule has 0 aliphatic carbocycles. The molecule has 0 bridgehead atoms. The molecule has 1 saturated heterocycles. The van der Waals surface area contributed by atoms with Gasteiger partial charge in [0, 0.05) is 18.5 Å². The van der Waals surface area contributed by atoms with Gasteiger partial charge in [-0.3, -0.25) is 0 Å². The van der Waals surface area contributed by atoms with Crippen LogP contribution in [0, 0.1) is 5.41 Å². The zero-order valence-corrected chi connectivity index (χ0v) is 10.9. The second kappa shape index (κ2) is 4.52. The number of rotatable bonds is 4. The SMILES string of the molecule is CCC1(CC)CN(c2ccc(C(=O)O)cc2N)C1. The van der Waals surface area contributed by atoms with Crippen LogP contribution in [-0.2, 0) is 0 Å². The molecule has 98 valence electrons. The van der Waals surface area contributed by atoms with E-state index in [1.807, 2.05) is 6.07 Å². The van der Waals surface area contributed by atoms with Crippen molar-refractivity contribution in [3.63, 3.8) is 0 Å². The molecule has 4 heteroatoms. The van der Waals surface area contributed by atoms with Crippen LogP contribution >= 0.6 is 0 Å². The van der Waals surface area contributed by atoms with E-state index in [0.29, 0.717) is 11.1 Å². The van der Waals surface area contributed by atoms with Gasteiger partial charge in [0.2, 0.25) is 0 Å². The van der Waals surface area contributed by atoms with Gasteiger partial charge in [0.05, 0.1) is 16.9 Å².